The van der Waals surface area contributed by atoms with Gasteiger partial charge >= 0.3 is 0 Å². The van der Waals surface area contributed by atoms with Crippen LogP contribution in [0.5, 0.6) is 5.75 Å². The van der Waals surface area contributed by atoms with Gasteiger partial charge in [-0.2, -0.15) is 0 Å². The van der Waals surface area contributed by atoms with Crippen molar-refractivity contribution in [2.75, 3.05) is 0 Å². The molecule has 0 saturated heterocycles. The van der Waals surface area contributed by atoms with Gasteiger partial charge in [-0.1, -0.05) is 37.9 Å². The molecule has 1 aromatic rings. The SMILES string of the molecule is C=C[C@@H](N)c1c(O)cc(Br)cc1Br. The van der Waals surface area contributed by atoms with Crippen molar-refractivity contribution in [3.63, 3.8) is 0 Å². The predicted molar refractivity (Wildman–Crippen MR) is 60.6 cm³/mol. The lowest BCUT2D eigenvalue weighted by Gasteiger charge is -2.11. The van der Waals surface area contributed by atoms with Crippen LogP contribution < -0.4 is 5.73 Å². The fraction of sp³-hybridized carbons (Fsp3) is 0.111. The third-order valence-corrected chi connectivity index (χ3v) is 2.77. The van der Waals surface area contributed by atoms with Crippen molar-refractivity contribution in [2.24, 2.45) is 5.73 Å². The van der Waals surface area contributed by atoms with E-state index in [0.29, 0.717) is 5.56 Å². The summed E-state index contributed by atoms with van der Waals surface area (Å²) in [6, 6.07) is 3.07. The van der Waals surface area contributed by atoms with Crippen LogP contribution in [-0.4, -0.2) is 5.11 Å². The van der Waals surface area contributed by atoms with Crippen LogP contribution in [0.25, 0.3) is 0 Å². The lowest BCUT2D eigenvalue weighted by Crippen LogP contribution is -2.07. The molecule has 0 amide bonds. The van der Waals surface area contributed by atoms with E-state index in [1.165, 1.54) is 0 Å². The molecule has 0 bridgehead atoms. The van der Waals surface area contributed by atoms with Crippen molar-refractivity contribution >= 4 is 31.9 Å². The van der Waals surface area contributed by atoms with E-state index in [1.807, 2.05) is 6.07 Å². The quantitative estimate of drug-likeness (QED) is 0.825. The first-order chi connectivity index (χ1) is 6.06. The Kier molecular flexibility index (Phi) is 3.53. The Morgan fingerprint density at radius 3 is 2.54 bits per heavy atom. The molecule has 4 heteroatoms. The van der Waals surface area contributed by atoms with Crippen molar-refractivity contribution in [3.05, 3.63) is 39.3 Å². The summed E-state index contributed by atoms with van der Waals surface area (Å²) in [4.78, 5) is 0. The lowest BCUT2D eigenvalue weighted by atomic mass is 10.1. The number of halogens is 2. The number of aromatic hydroxyl groups is 1. The Labute approximate surface area is 93.7 Å². The monoisotopic (exact) mass is 305 g/mol. The number of phenolic OH excluding ortho intramolecular Hbond substituents is 1. The molecule has 3 N–H and O–H groups in total. The maximum atomic E-state index is 9.59. The lowest BCUT2D eigenvalue weighted by molar-refractivity contribution is 0.465. The van der Waals surface area contributed by atoms with Crippen molar-refractivity contribution < 1.29 is 5.11 Å². The van der Waals surface area contributed by atoms with Gasteiger partial charge in [-0.15, -0.1) is 6.58 Å². The van der Waals surface area contributed by atoms with Gasteiger partial charge in [-0.3, -0.25) is 0 Å². The third-order valence-electron chi connectivity index (χ3n) is 1.66. The van der Waals surface area contributed by atoms with E-state index in [4.69, 9.17) is 5.73 Å². The van der Waals surface area contributed by atoms with Crippen molar-refractivity contribution in [3.8, 4) is 5.75 Å². The second kappa shape index (κ2) is 4.26. The fourth-order valence-electron chi connectivity index (χ4n) is 1.02. The highest BCUT2D eigenvalue weighted by atomic mass is 79.9. The molecule has 1 rings (SSSR count). The van der Waals surface area contributed by atoms with Gasteiger partial charge in [0.1, 0.15) is 5.75 Å². The van der Waals surface area contributed by atoms with Crippen LogP contribution in [0.2, 0.25) is 0 Å². The molecule has 0 aliphatic heterocycles. The molecule has 0 heterocycles. The summed E-state index contributed by atoms with van der Waals surface area (Å²) in [5, 5.41) is 9.59. The van der Waals surface area contributed by atoms with Gasteiger partial charge in [0.15, 0.2) is 0 Å². The fourth-order valence-corrected chi connectivity index (χ4v) is 2.49. The van der Waals surface area contributed by atoms with E-state index in [2.05, 4.69) is 38.4 Å². The van der Waals surface area contributed by atoms with Crippen LogP contribution in [0, 0.1) is 0 Å². The highest BCUT2D eigenvalue weighted by molar-refractivity contribution is 9.11. The molecule has 0 unspecified atom stereocenters. The van der Waals surface area contributed by atoms with Crippen LogP contribution >= 0.6 is 31.9 Å². The summed E-state index contributed by atoms with van der Waals surface area (Å²) < 4.78 is 1.57. The Hall–Kier alpha value is -0.320. The molecule has 0 saturated carbocycles. The van der Waals surface area contributed by atoms with E-state index in [9.17, 15) is 5.11 Å². The zero-order valence-electron chi connectivity index (χ0n) is 6.80. The number of hydrogen-bond donors (Lipinski definition) is 2. The second-order valence-electron chi connectivity index (χ2n) is 2.58. The van der Waals surface area contributed by atoms with Crippen LogP contribution in [0.4, 0.5) is 0 Å². The van der Waals surface area contributed by atoms with Crippen LogP contribution in [0.1, 0.15) is 11.6 Å². The summed E-state index contributed by atoms with van der Waals surface area (Å²) in [5.41, 5.74) is 6.37. The number of nitrogens with two attached hydrogens (primary N) is 1. The molecule has 0 aliphatic rings. The Bertz CT molecular complexity index is 315. The molecule has 0 aliphatic carbocycles. The molecule has 1 atom stereocenters. The van der Waals surface area contributed by atoms with Gasteiger partial charge in [-0.05, 0) is 12.1 Å². The van der Waals surface area contributed by atoms with Gasteiger partial charge in [0.05, 0.1) is 6.04 Å². The Morgan fingerprint density at radius 1 is 1.46 bits per heavy atom. The van der Waals surface area contributed by atoms with Crippen LogP contribution in [0.15, 0.2) is 33.7 Å². The first kappa shape index (κ1) is 10.8. The summed E-state index contributed by atoms with van der Waals surface area (Å²) >= 11 is 6.58. The van der Waals surface area contributed by atoms with Gasteiger partial charge in [0.25, 0.3) is 0 Å². The zero-order valence-corrected chi connectivity index (χ0v) is 9.97. The average molecular weight is 307 g/mol. The van der Waals surface area contributed by atoms with E-state index in [1.54, 1.807) is 12.1 Å². The van der Waals surface area contributed by atoms with Gasteiger partial charge in [0.2, 0.25) is 0 Å². The van der Waals surface area contributed by atoms with Gasteiger partial charge in [0, 0.05) is 14.5 Å². The summed E-state index contributed by atoms with van der Waals surface area (Å²) in [5.74, 6) is 0.161. The number of hydrogen-bond acceptors (Lipinski definition) is 2. The number of phenols is 1. The summed E-state index contributed by atoms with van der Waals surface area (Å²) in [6.45, 7) is 3.57. The standard InChI is InChI=1S/C9H9Br2NO/c1-2-7(12)9-6(11)3-5(10)4-8(9)13/h2-4,7,13H,1,12H2/t7-/m1/s1. The van der Waals surface area contributed by atoms with Crippen LogP contribution in [-0.2, 0) is 0 Å². The van der Waals surface area contributed by atoms with Gasteiger partial charge in [-0.25, -0.2) is 0 Å². The average Bonchev–Trinajstić information content (AvgIpc) is 2.02. The van der Waals surface area contributed by atoms with Crippen molar-refractivity contribution in [1.29, 1.82) is 0 Å². The highest BCUT2D eigenvalue weighted by Gasteiger charge is 2.12. The minimum atomic E-state index is -0.359. The van der Waals surface area contributed by atoms with Gasteiger partial charge < -0.3 is 10.8 Å². The maximum Gasteiger partial charge on any atom is 0.122 e. The van der Waals surface area contributed by atoms with Crippen molar-refractivity contribution in [2.45, 2.75) is 6.04 Å². The molecular formula is C9H9Br2NO. The Balaban J connectivity index is 3.28. The van der Waals surface area contributed by atoms with E-state index < -0.39 is 0 Å². The van der Waals surface area contributed by atoms with E-state index in [-0.39, 0.29) is 11.8 Å². The molecule has 0 radical (unpaired) electrons. The predicted octanol–water partition coefficient (Wildman–Crippen LogP) is 3.10. The third kappa shape index (κ3) is 2.33. The zero-order chi connectivity index (χ0) is 10.0. The Morgan fingerprint density at radius 2 is 2.08 bits per heavy atom. The molecule has 0 fully saturated rings. The van der Waals surface area contributed by atoms with E-state index >= 15 is 0 Å². The smallest absolute Gasteiger partial charge is 0.122 e. The topological polar surface area (TPSA) is 46.2 Å². The molecule has 0 aromatic heterocycles. The molecule has 70 valence electrons. The largest absolute Gasteiger partial charge is 0.508 e. The minimum Gasteiger partial charge on any atom is -0.508 e. The highest BCUT2D eigenvalue weighted by Crippen LogP contribution is 2.34. The summed E-state index contributed by atoms with van der Waals surface area (Å²) in [6.07, 6.45) is 1.58. The molecule has 0 spiro atoms. The molecular weight excluding hydrogens is 298 g/mol. The second-order valence-corrected chi connectivity index (χ2v) is 4.35. The number of rotatable bonds is 2. The maximum absolute atomic E-state index is 9.59. The van der Waals surface area contributed by atoms with E-state index in [0.717, 1.165) is 8.95 Å². The summed E-state index contributed by atoms with van der Waals surface area (Å²) in [7, 11) is 0. The first-order valence-corrected chi connectivity index (χ1v) is 5.21. The molecule has 1 aromatic carbocycles. The molecule has 13 heavy (non-hydrogen) atoms. The normalized spacial score (nSPS) is 12.5. The minimum absolute atomic E-state index is 0.161. The first-order valence-electron chi connectivity index (χ1n) is 3.62. The molecule has 2 nitrogen and oxygen atoms in total. The van der Waals surface area contributed by atoms with Crippen LogP contribution in [0.3, 0.4) is 0 Å². The number of benzene rings is 1. The van der Waals surface area contributed by atoms with Crippen molar-refractivity contribution in [1.82, 2.24) is 0 Å².